The van der Waals surface area contributed by atoms with Crippen molar-refractivity contribution in [1.29, 1.82) is 0 Å². The van der Waals surface area contributed by atoms with E-state index >= 15 is 0 Å². The Morgan fingerprint density at radius 1 is 0.417 bits per heavy atom. The molecular weight excluding hydrogens is 444 g/mol. The Kier molecular flexibility index (Phi) is 6.68. The van der Waals surface area contributed by atoms with Crippen molar-refractivity contribution in [2.75, 3.05) is 10.6 Å². The van der Waals surface area contributed by atoms with Crippen molar-refractivity contribution in [3.8, 4) is 22.3 Å². The zero-order valence-corrected chi connectivity index (χ0v) is 19.5. The molecule has 0 heterocycles. The van der Waals surface area contributed by atoms with Gasteiger partial charge in [0.15, 0.2) is 0 Å². The molecule has 0 spiro atoms. The molecule has 4 heteroatoms. The third kappa shape index (κ3) is 5.08. The van der Waals surface area contributed by atoms with Gasteiger partial charge in [-0.15, -0.1) is 0 Å². The first-order valence-corrected chi connectivity index (χ1v) is 11.7. The smallest absolute Gasteiger partial charge is 0.255 e. The largest absolute Gasteiger partial charge is 0.321 e. The molecule has 0 aliphatic carbocycles. The van der Waals surface area contributed by atoms with E-state index in [0.717, 1.165) is 22.3 Å². The highest BCUT2D eigenvalue weighted by Gasteiger charge is 2.14. The topological polar surface area (TPSA) is 58.2 Å². The molecule has 5 aromatic rings. The third-order valence-corrected chi connectivity index (χ3v) is 5.91. The van der Waals surface area contributed by atoms with Crippen LogP contribution in [0.2, 0.25) is 0 Å². The van der Waals surface area contributed by atoms with Crippen molar-refractivity contribution in [1.82, 2.24) is 0 Å². The molecule has 0 saturated heterocycles. The van der Waals surface area contributed by atoms with Crippen molar-refractivity contribution >= 4 is 23.2 Å². The van der Waals surface area contributed by atoms with Crippen molar-refractivity contribution < 1.29 is 9.59 Å². The van der Waals surface area contributed by atoms with Crippen molar-refractivity contribution in [2.24, 2.45) is 0 Å². The Hall–Kier alpha value is -4.96. The van der Waals surface area contributed by atoms with Gasteiger partial charge in [-0.1, -0.05) is 103 Å². The number of carbonyl (C=O) groups is 2. The first-order chi connectivity index (χ1) is 17.7. The monoisotopic (exact) mass is 468 g/mol. The molecule has 0 radical (unpaired) electrons. The zero-order valence-electron chi connectivity index (χ0n) is 19.5. The van der Waals surface area contributed by atoms with Crippen LogP contribution in [-0.2, 0) is 0 Å². The average Bonchev–Trinajstić information content (AvgIpc) is 2.94. The van der Waals surface area contributed by atoms with Gasteiger partial charge in [0, 0.05) is 33.6 Å². The lowest BCUT2D eigenvalue weighted by Gasteiger charge is -2.13. The fourth-order valence-electron chi connectivity index (χ4n) is 4.11. The minimum absolute atomic E-state index is 0.280. The Morgan fingerprint density at radius 2 is 0.806 bits per heavy atom. The van der Waals surface area contributed by atoms with Crippen LogP contribution in [0.5, 0.6) is 0 Å². The summed E-state index contributed by atoms with van der Waals surface area (Å²) in [5.41, 5.74) is 6.11. The molecule has 0 unspecified atom stereocenters. The summed E-state index contributed by atoms with van der Waals surface area (Å²) in [6.07, 6.45) is 0. The van der Waals surface area contributed by atoms with Gasteiger partial charge in [0.1, 0.15) is 0 Å². The van der Waals surface area contributed by atoms with Gasteiger partial charge in [-0.25, -0.2) is 0 Å². The Morgan fingerprint density at radius 3 is 1.25 bits per heavy atom. The number of amides is 2. The van der Waals surface area contributed by atoms with Crippen molar-refractivity contribution in [2.45, 2.75) is 0 Å². The van der Waals surface area contributed by atoms with Crippen LogP contribution in [0, 0.1) is 0 Å². The predicted molar refractivity (Wildman–Crippen MR) is 146 cm³/mol. The van der Waals surface area contributed by atoms with Gasteiger partial charge in [-0.3, -0.25) is 9.59 Å². The second-order valence-corrected chi connectivity index (χ2v) is 8.31. The van der Waals surface area contributed by atoms with Crippen LogP contribution >= 0.6 is 0 Å². The zero-order chi connectivity index (χ0) is 24.7. The minimum atomic E-state index is -0.280. The first kappa shape index (κ1) is 22.8. The Labute approximate surface area is 210 Å². The summed E-state index contributed by atoms with van der Waals surface area (Å²) in [6, 6.07) is 41.9. The number of para-hydroxylation sites is 2. The Bertz CT molecular complexity index is 1400. The maximum absolute atomic E-state index is 13.1. The molecule has 0 saturated carbocycles. The van der Waals surface area contributed by atoms with E-state index in [0.29, 0.717) is 22.5 Å². The second kappa shape index (κ2) is 10.5. The highest BCUT2D eigenvalue weighted by molar-refractivity contribution is 6.10. The number of benzene rings is 5. The van der Waals surface area contributed by atoms with Gasteiger partial charge in [0.25, 0.3) is 11.8 Å². The van der Waals surface area contributed by atoms with E-state index in [1.54, 1.807) is 24.3 Å². The van der Waals surface area contributed by atoms with E-state index in [1.807, 2.05) is 109 Å². The minimum Gasteiger partial charge on any atom is -0.321 e. The van der Waals surface area contributed by atoms with Gasteiger partial charge in [-0.05, 0) is 41.5 Å². The Balaban J connectivity index is 1.36. The summed E-state index contributed by atoms with van der Waals surface area (Å²) >= 11 is 0. The fraction of sp³-hybridized carbons (Fsp3) is 0. The van der Waals surface area contributed by atoms with Crippen LogP contribution in [0.3, 0.4) is 0 Å². The molecular formula is C32H24N2O2. The summed E-state index contributed by atoms with van der Waals surface area (Å²) in [4.78, 5) is 26.3. The maximum atomic E-state index is 13.1. The number of hydrogen-bond acceptors (Lipinski definition) is 2. The molecule has 0 aliphatic rings. The summed E-state index contributed by atoms with van der Waals surface area (Å²) in [5.74, 6) is -0.560. The van der Waals surface area contributed by atoms with Crippen LogP contribution in [-0.4, -0.2) is 11.8 Å². The molecule has 0 bridgehead atoms. The van der Waals surface area contributed by atoms with Crippen LogP contribution in [0.4, 0.5) is 11.4 Å². The molecule has 174 valence electrons. The number of carbonyl (C=O) groups excluding carboxylic acids is 2. The van der Waals surface area contributed by atoms with Crippen LogP contribution in [0.15, 0.2) is 133 Å². The standard InChI is InChI=1S/C32H24N2O2/c35-31(33-29-20-9-7-18-27(29)23-12-3-1-4-13-23)25-16-11-17-26(22-25)32(36)34-30-21-10-8-19-28(30)24-14-5-2-6-15-24/h1-22H,(H,33,35)(H,34,36). The van der Waals surface area contributed by atoms with Crippen molar-refractivity contribution in [3.05, 3.63) is 145 Å². The second-order valence-electron chi connectivity index (χ2n) is 8.31. The van der Waals surface area contributed by atoms with E-state index in [2.05, 4.69) is 10.6 Å². The van der Waals surface area contributed by atoms with E-state index < -0.39 is 0 Å². The van der Waals surface area contributed by atoms with E-state index in [1.165, 1.54) is 0 Å². The van der Waals surface area contributed by atoms with Crippen LogP contribution < -0.4 is 10.6 Å². The van der Waals surface area contributed by atoms with Crippen molar-refractivity contribution in [3.63, 3.8) is 0 Å². The van der Waals surface area contributed by atoms with Gasteiger partial charge in [0.05, 0.1) is 0 Å². The van der Waals surface area contributed by atoms with E-state index in [4.69, 9.17) is 0 Å². The van der Waals surface area contributed by atoms with Gasteiger partial charge < -0.3 is 10.6 Å². The van der Waals surface area contributed by atoms with Gasteiger partial charge in [-0.2, -0.15) is 0 Å². The normalized spacial score (nSPS) is 10.4. The fourth-order valence-corrected chi connectivity index (χ4v) is 4.11. The number of hydrogen-bond donors (Lipinski definition) is 2. The molecule has 4 nitrogen and oxygen atoms in total. The molecule has 0 aliphatic heterocycles. The molecule has 36 heavy (non-hydrogen) atoms. The number of rotatable bonds is 6. The van der Waals surface area contributed by atoms with Crippen LogP contribution in [0.1, 0.15) is 20.7 Å². The number of anilines is 2. The van der Waals surface area contributed by atoms with Gasteiger partial charge in [0.2, 0.25) is 0 Å². The first-order valence-electron chi connectivity index (χ1n) is 11.7. The van der Waals surface area contributed by atoms with Gasteiger partial charge >= 0.3 is 0 Å². The highest BCUT2D eigenvalue weighted by Crippen LogP contribution is 2.29. The summed E-state index contributed by atoms with van der Waals surface area (Å²) in [6.45, 7) is 0. The van der Waals surface area contributed by atoms with E-state index in [-0.39, 0.29) is 11.8 Å². The molecule has 2 amide bonds. The lowest BCUT2D eigenvalue weighted by atomic mass is 10.0. The third-order valence-electron chi connectivity index (χ3n) is 5.91. The molecule has 0 atom stereocenters. The van der Waals surface area contributed by atoms with Crippen LogP contribution in [0.25, 0.3) is 22.3 Å². The molecule has 2 N–H and O–H groups in total. The molecule has 5 rings (SSSR count). The molecule has 0 fully saturated rings. The summed E-state index contributed by atoms with van der Waals surface area (Å²) in [7, 11) is 0. The van der Waals surface area contributed by atoms with E-state index in [9.17, 15) is 9.59 Å². The quantitative estimate of drug-likeness (QED) is 0.271. The summed E-state index contributed by atoms with van der Waals surface area (Å²) in [5, 5.41) is 6.00. The maximum Gasteiger partial charge on any atom is 0.255 e. The summed E-state index contributed by atoms with van der Waals surface area (Å²) < 4.78 is 0. The lowest BCUT2D eigenvalue weighted by Crippen LogP contribution is -2.16. The highest BCUT2D eigenvalue weighted by atomic mass is 16.2. The lowest BCUT2D eigenvalue weighted by molar-refractivity contribution is 0.102. The molecule has 5 aromatic carbocycles. The SMILES string of the molecule is O=C(Nc1ccccc1-c1ccccc1)c1cccc(C(=O)Nc2ccccc2-c2ccccc2)c1. The molecule has 0 aromatic heterocycles. The average molecular weight is 469 g/mol. The predicted octanol–water partition coefficient (Wildman–Crippen LogP) is 7.53. The number of nitrogens with one attached hydrogen (secondary N) is 2.